The maximum Gasteiger partial charge on any atom is 0.416 e. The summed E-state index contributed by atoms with van der Waals surface area (Å²) in [5.74, 6) is -1.64. The SMILES string of the molecule is C[C@H](Cc1ncc(F)c(N2C(=O)OC[C@@H]2[C@H](C)F)n1)c1cn(-c2ccc(Cl)c(F)c2)cn1. The Morgan fingerprint density at radius 3 is 2.75 bits per heavy atom. The summed E-state index contributed by atoms with van der Waals surface area (Å²) >= 11 is 5.73. The van der Waals surface area contributed by atoms with E-state index in [1.165, 1.54) is 19.1 Å². The van der Waals surface area contributed by atoms with Gasteiger partial charge in [-0.15, -0.1) is 0 Å². The molecule has 2 aromatic heterocycles. The lowest BCUT2D eigenvalue weighted by Crippen LogP contribution is -2.40. The largest absolute Gasteiger partial charge is 0.447 e. The highest BCUT2D eigenvalue weighted by molar-refractivity contribution is 6.30. The third-order valence-corrected chi connectivity index (χ3v) is 5.54. The number of nitrogens with zero attached hydrogens (tertiary/aromatic N) is 5. The lowest BCUT2D eigenvalue weighted by molar-refractivity contribution is 0.174. The van der Waals surface area contributed by atoms with Crippen LogP contribution in [0.3, 0.4) is 0 Å². The van der Waals surface area contributed by atoms with Crippen molar-refractivity contribution in [2.75, 3.05) is 11.5 Å². The van der Waals surface area contributed by atoms with Crippen molar-refractivity contribution in [2.45, 2.75) is 38.4 Å². The van der Waals surface area contributed by atoms with Gasteiger partial charge in [-0.2, -0.15) is 0 Å². The molecule has 0 N–H and O–H groups in total. The molecule has 11 heteroatoms. The van der Waals surface area contributed by atoms with Gasteiger partial charge in [0.15, 0.2) is 11.6 Å². The van der Waals surface area contributed by atoms with Crippen molar-refractivity contribution >= 4 is 23.5 Å². The van der Waals surface area contributed by atoms with Gasteiger partial charge in [0.1, 0.15) is 30.5 Å². The maximum absolute atomic E-state index is 14.4. The van der Waals surface area contributed by atoms with Crippen LogP contribution in [0.1, 0.15) is 31.3 Å². The van der Waals surface area contributed by atoms with Crippen molar-refractivity contribution in [1.82, 2.24) is 19.5 Å². The third-order valence-electron chi connectivity index (χ3n) is 5.24. The molecule has 0 saturated carbocycles. The zero-order valence-electron chi connectivity index (χ0n) is 17.2. The number of carbonyl (C=O) groups is 1. The molecule has 1 aromatic carbocycles. The van der Waals surface area contributed by atoms with Gasteiger partial charge in [0.2, 0.25) is 0 Å². The summed E-state index contributed by atoms with van der Waals surface area (Å²) in [6, 6.07) is 3.45. The van der Waals surface area contributed by atoms with Crippen LogP contribution in [0.4, 0.5) is 23.8 Å². The molecule has 0 radical (unpaired) electrons. The number of anilines is 1. The van der Waals surface area contributed by atoms with Gasteiger partial charge in [-0.3, -0.25) is 0 Å². The number of halogens is 4. The minimum absolute atomic E-state index is 0.0259. The number of alkyl halides is 1. The number of imidazole rings is 1. The van der Waals surface area contributed by atoms with E-state index in [-0.39, 0.29) is 35.6 Å². The van der Waals surface area contributed by atoms with Crippen LogP contribution in [0, 0.1) is 11.6 Å². The average Bonchev–Trinajstić information content (AvgIpc) is 3.39. The molecule has 3 aromatic rings. The number of rotatable bonds is 6. The molecule has 7 nitrogen and oxygen atoms in total. The molecule has 1 saturated heterocycles. The van der Waals surface area contributed by atoms with Crippen LogP contribution in [0.25, 0.3) is 5.69 Å². The lowest BCUT2D eigenvalue weighted by Gasteiger charge is -2.22. The van der Waals surface area contributed by atoms with E-state index in [9.17, 15) is 18.0 Å². The Labute approximate surface area is 186 Å². The van der Waals surface area contributed by atoms with Crippen molar-refractivity contribution < 1.29 is 22.7 Å². The van der Waals surface area contributed by atoms with Crippen molar-refractivity contribution in [2.24, 2.45) is 0 Å². The number of amides is 1. The molecule has 0 unspecified atom stereocenters. The molecular weight excluding hydrogens is 447 g/mol. The topological polar surface area (TPSA) is 73.1 Å². The highest BCUT2D eigenvalue weighted by Crippen LogP contribution is 2.28. The van der Waals surface area contributed by atoms with Gasteiger partial charge >= 0.3 is 6.09 Å². The second kappa shape index (κ2) is 8.78. The van der Waals surface area contributed by atoms with Crippen LogP contribution in [0.5, 0.6) is 0 Å². The first kappa shape index (κ1) is 22.1. The molecule has 1 fully saturated rings. The maximum atomic E-state index is 14.4. The number of aromatic nitrogens is 4. The third kappa shape index (κ3) is 4.27. The van der Waals surface area contributed by atoms with Gasteiger partial charge < -0.3 is 9.30 Å². The average molecular weight is 466 g/mol. The Morgan fingerprint density at radius 1 is 1.25 bits per heavy atom. The van der Waals surface area contributed by atoms with Crippen molar-refractivity contribution in [1.29, 1.82) is 0 Å². The molecule has 3 atom stereocenters. The van der Waals surface area contributed by atoms with Crippen LogP contribution >= 0.6 is 11.6 Å². The number of benzene rings is 1. The smallest absolute Gasteiger partial charge is 0.416 e. The van der Waals surface area contributed by atoms with Crippen molar-refractivity contribution in [3.63, 3.8) is 0 Å². The first-order chi connectivity index (χ1) is 15.2. The second-order valence-corrected chi connectivity index (χ2v) is 7.97. The number of hydrogen-bond donors (Lipinski definition) is 0. The molecule has 1 aliphatic rings. The van der Waals surface area contributed by atoms with E-state index in [4.69, 9.17) is 16.3 Å². The number of ether oxygens (including phenoxy) is 1. The van der Waals surface area contributed by atoms with Gasteiger partial charge in [0, 0.05) is 24.2 Å². The number of cyclic esters (lactones) is 1. The first-order valence-corrected chi connectivity index (χ1v) is 10.2. The Hall–Kier alpha value is -3.14. The standard InChI is InChI=1S/C21H19ClF3N5O2/c1-11(17-8-29(10-27-17)13-3-4-14(22)15(24)6-13)5-19-26-7-16(25)20(28-19)30-18(12(2)23)9-32-21(30)31/h3-4,6-8,10-12,18H,5,9H2,1-2H3/t11-,12+,18-/m1/s1. The van der Waals surface area contributed by atoms with E-state index in [0.717, 1.165) is 11.1 Å². The van der Waals surface area contributed by atoms with Crippen LogP contribution in [0.15, 0.2) is 36.9 Å². The van der Waals surface area contributed by atoms with Gasteiger partial charge in [0.05, 0.1) is 23.2 Å². The minimum Gasteiger partial charge on any atom is -0.447 e. The van der Waals surface area contributed by atoms with E-state index in [1.807, 2.05) is 6.92 Å². The Kier molecular flexibility index (Phi) is 6.05. The Balaban J connectivity index is 1.55. The highest BCUT2D eigenvalue weighted by atomic mass is 35.5. The van der Waals surface area contributed by atoms with E-state index < -0.39 is 29.9 Å². The molecule has 1 aliphatic heterocycles. The molecule has 32 heavy (non-hydrogen) atoms. The first-order valence-electron chi connectivity index (χ1n) is 9.85. The Bertz CT molecular complexity index is 1160. The monoisotopic (exact) mass is 465 g/mol. The van der Waals surface area contributed by atoms with Crippen LogP contribution in [-0.4, -0.2) is 44.4 Å². The molecule has 168 valence electrons. The Morgan fingerprint density at radius 2 is 2.03 bits per heavy atom. The summed E-state index contributed by atoms with van der Waals surface area (Å²) in [4.78, 5) is 25.4. The fraction of sp³-hybridized carbons (Fsp3) is 0.333. The minimum atomic E-state index is -1.43. The van der Waals surface area contributed by atoms with Crippen LogP contribution in [0.2, 0.25) is 5.02 Å². The van der Waals surface area contributed by atoms with Gasteiger partial charge in [-0.05, 0) is 25.1 Å². The predicted octanol–water partition coefficient (Wildman–Crippen LogP) is 4.62. The molecule has 0 spiro atoms. The second-order valence-electron chi connectivity index (χ2n) is 7.56. The molecule has 0 bridgehead atoms. The summed E-state index contributed by atoms with van der Waals surface area (Å²) in [6.45, 7) is 2.96. The summed E-state index contributed by atoms with van der Waals surface area (Å²) in [5.41, 5.74) is 1.22. The molecular formula is C21H19ClF3N5O2. The predicted molar refractivity (Wildman–Crippen MR) is 111 cm³/mol. The highest BCUT2D eigenvalue weighted by Gasteiger charge is 2.40. The van der Waals surface area contributed by atoms with Crippen molar-refractivity contribution in [3.8, 4) is 5.69 Å². The fourth-order valence-corrected chi connectivity index (χ4v) is 3.55. The van der Waals surface area contributed by atoms with Gasteiger partial charge in [0.25, 0.3) is 0 Å². The zero-order valence-corrected chi connectivity index (χ0v) is 17.9. The summed E-state index contributed by atoms with van der Waals surface area (Å²) < 4.78 is 48.5. The van der Waals surface area contributed by atoms with Gasteiger partial charge in [-0.1, -0.05) is 18.5 Å². The number of carbonyl (C=O) groups excluding carboxylic acids is 1. The van der Waals surface area contributed by atoms with Crippen molar-refractivity contribution in [3.05, 3.63) is 65.1 Å². The lowest BCUT2D eigenvalue weighted by atomic mass is 10.0. The molecule has 4 rings (SSSR count). The molecule has 3 heterocycles. The fourth-order valence-electron chi connectivity index (χ4n) is 3.44. The molecule has 1 amide bonds. The van der Waals surface area contributed by atoms with E-state index >= 15 is 0 Å². The van der Waals surface area contributed by atoms with Crippen LogP contribution in [-0.2, 0) is 11.2 Å². The zero-order chi connectivity index (χ0) is 23.0. The summed E-state index contributed by atoms with van der Waals surface area (Å²) in [7, 11) is 0. The normalized spacial score (nSPS) is 18.0. The van der Waals surface area contributed by atoms with E-state index in [1.54, 1.807) is 23.2 Å². The quantitative estimate of drug-likeness (QED) is 0.531. The molecule has 0 aliphatic carbocycles. The van der Waals surface area contributed by atoms with E-state index in [0.29, 0.717) is 11.4 Å². The summed E-state index contributed by atoms with van der Waals surface area (Å²) in [6.07, 6.45) is 2.21. The van der Waals surface area contributed by atoms with Gasteiger partial charge in [-0.25, -0.2) is 37.8 Å². The van der Waals surface area contributed by atoms with Crippen LogP contribution < -0.4 is 4.90 Å². The van der Waals surface area contributed by atoms with E-state index in [2.05, 4.69) is 15.0 Å². The number of hydrogen-bond acceptors (Lipinski definition) is 5. The summed E-state index contributed by atoms with van der Waals surface area (Å²) in [5, 5.41) is 0.0259.